The second-order valence-corrected chi connectivity index (χ2v) is 6.46. The molecule has 0 aromatic heterocycles. The lowest BCUT2D eigenvalue weighted by Crippen LogP contribution is -2.31. The summed E-state index contributed by atoms with van der Waals surface area (Å²) < 4.78 is 0. The van der Waals surface area contributed by atoms with Gasteiger partial charge >= 0.3 is 5.97 Å². The van der Waals surface area contributed by atoms with Gasteiger partial charge in [-0.05, 0) is 38.8 Å². The van der Waals surface area contributed by atoms with Crippen LogP contribution in [0.1, 0.15) is 44.9 Å². The molecule has 0 spiro atoms. The third-order valence-corrected chi connectivity index (χ3v) is 4.75. The second kappa shape index (κ2) is 11.0. The van der Waals surface area contributed by atoms with Gasteiger partial charge < -0.3 is 15.7 Å². The highest BCUT2D eigenvalue weighted by molar-refractivity contribution is 8.00. The van der Waals surface area contributed by atoms with Crippen LogP contribution in [-0.4, -0.2) is 47.6 Å². The Hall–Kier alpha value is -0.750. The maximum absolute atomic E-state index is 11.6. The number of carbonyl (C=O) groups excluding carboxylic acids is 1. The number of aliphatic carboxylic acids is 1. The summed E-state index contributed by atoms with van der Waals surface area (Å²) in [6, 6.07) is 0. The van der Waals surface area contributed by atoms with Crippen molar-refractivity contribution in [2.75, 3.05) is 25.4 Å². The van der Waals surface area contributed by atoms with Crippen molar-refractivity contribution in [1.29, 1.82) is 0 Å². The molecule has 1 aliphatic heterocycles. The van der Waals surface area contributed by atoms with Crippen molar-refractivity contribution < 1.29 is 14.7 Å². The van der Waals surface area contributed by atoms with Crippen LogP contribution < -0.4 is 10.6 Å². The van der Waals surface area contributed by atoms with Gasteiger partial charge in [0.1, 0.15) is 0 Å². The summed E-state index contributed by atoms with van der Waals surface area (Å²) in [5.41, 5.74) is 0. The maximum Gasteiger partial charge on any atom is 0.303 e. The minimum Gasteiger partial charge on any atom is -0.481 e. The molecule has 1 heterocycles. The van der Waals surface area contributed by atoms with Gasteiger partial charge in [0.25, 0.3) is 0 Å². The van der Waals surface area contributed by atoms with Crippen molar-refractivity contribution in [3.05, 3.63) is 0 Å². The first kappa shape index (κ1) is 17.3. The maximum atomic E-state index is 11.6. The molecule has 1 aliphatic rings. The molecular weight excluding hydrogens is 276 g/mol. The molecule has 0 saturated carbocycles. The fourth-order valence-electron chi connectivity index (χ4n) is 2.19. The zero-order valence-electron chi connectivity index (χ0n) is 12.0. The van der Waals surface area contributed by atoms with E-state index < -0.39 is 5.97 Å². The Bertz CT molecular complexity index is 294. The first-order valence-corrected chi connectivity index (χ1v) is 8.54. The van der Waals surface area contributed by atoms with Gasteiger partial charge in [0.05, 0.1) is 5.75 Å². The molecule has 1 saturated heterocycles. The molecule has 0 radical (unpaired) electrons. The highest BCUT2D eigenvalue weighted by atomic mass is 32.2. The standard InChI is InChI=1S/C14H26N2O3S/c17-13(11-20-12-6-9-15-10-7-12)16-8-4-2-1-3-5-14(18)19/h12,15H,1-11H2,(H,16,17)(H,18,19). The number of amides is 1. The largest absolute Gasteiger partial charge is 0.481 e. The topological polar surface area (TPSA) is 78.4 Å². The van der Waals surface area contributed by atoms with Crippen molar-refractivity contribution in [1.82, 2.24) is 10.6 Å². The average molecular weight is 302 g/mol. The first-order chi connectivity index (χ1) is 9.68. The van der Waals surface area contributed by atoms with E-state index in [-0.39, 0.29) is 12.3 Å². The Morgan fingerprint density at radius 3 is 2.55 bits per heavy atom. The molecule has 116 valence electrons. The van der Waals surface area contributed by atoms with Gasteiger partial charge in [0.15, 0.2) is 0 Å². The van der Waals surface area contributed by atoms with Crippen LogP contribution in [0.25, 0.3) is 0 Å². The van der Waals surface area contributed by atoms with Crippen LogP contribution in [0.4, 0.5) is 0 Å². The highest BCUT2D eigenvalue weighted by Crippen LogP contribution is 2.19. The van der Waals surface area contributed by atoms with Crippen LogP contribution in [0.15, 0.2) is 0 Å². The number of rotatable bonds is 10. The van der Waals surface area contributed by atoms with E-state index in [0.717, 1.165) is 51.6 Å². The summed E-state index contributed by atoms with van der Waals surface area (Å²) in [7, 11) is 0. The third kappa shape index (κ3) is 9.20. The minimum absolute atomic E-state index is 0.124. The third-order valence-electron chi connectivity index (χ3n) is 3.38. The molecule has 1 rings (SSSR count). The van der Waals surface area contributed by atoms with Crippen LogP contribution >= 0.6 is 11.8 Å². The average Bonchev–Trinajstić information content (AvgIpc) is 2.45. The summed E-state index contributed by atoms with van der Waals surface area (Å²) in [6.07, 6.45) is 6.13. The van der Waals surface area contributed by atoms with Crippen molar-refractivity contribution in [2.24, 2.45) is 0 Å². The molecule has 0 aliphatic carbocycles. The zero-order chi connectivity index (χ0) is 14.6. The lowest BCUT2D eigenvalue weighted by molar-refractivity contribution is -0.137. The van der Waals surface area contributed by atoms with Gasteiger partial charge in [-0.3, -0.25) is 9.59 Å². The van der Waals surface area contributed by atoms with E-state index in [9.17, 15) is 9.59 Å². The predicted molar refractivity (Wildman–Crippen MR) is 82.1 cm³/mol. The summed E-state index contributed by atoms with van der Waals surface area (Å²) in [5, 5.41) is 15.4. The van der Waals surface area contributed by atoms with E-state index in [0.29, 0.717) is 17.5 Å². The van der Waals surface area contributed by atoms with Gasteiger partial charge in [-0.2, -0.15) is 0 Å². The van der Waals surface area contributed by atoms with Gasteiger partial charge in [-0.1, -0.05) is 12.8 Å². The summed E-state index contributed by atoms with van der Waals surface area (Å²) >= 11 is 1.76. The zero-order valence-corrected chi connectivity index (χ0v) is 12.8. The summed E-state index contributed by atoms with van der Waals surface area (Å²) in [4.78, 5) is 22.0. The Balaban J connectivity index is 1.88. The molecule has 20 heavy (non-hydrogen) atoms. The smallest absolute Gasteiger partial charge is 0.303 e. The van der Waals surface area contributed by atoms with Crippen molar-refractivity contribution in [2.45, 2.75) is 50.2 Å². The second-order valence-electron chi connectivity index (χ2n) is 5.17. The van der Waals surface area contributed by atoms with Crippen LogP contribution in [0.2, 0.25) is 0 Å². The predicted octanol–water partition coefficient (Wildman–Crippen LogP) is 1.62. The lowest BCUT2D eigenvalue weighted by atomic mass is 10.1. The van der Waals surface area contributed by atoms with E-state index in [1.165, 1.54) is 0 Å². The first-order valence-electron chi connectivity index (χ1n) is 7.49. The van der Waals surface area contributed by atoms with Crippen LogP contribution in [-0.2, 0) is 9.59 Å². The molecule has 6 heteroatoms. The quantitative estimate of drug-likeness (QED) is 0.535. The van der Waals surface area contributed by atoms with Crippen LogP contribution in [0.3, 0.4) is 0 Å². The van der Waals surface area contributed by atoms with Crippen LogP contribution in [0.5, 0.6) is 0 Å². The lowest BCUT2D eigenvalue weighted by Gasteiger charge is -2.21. The molecule has 0 aromatic carbocycles. The monoisotopic (exact) mass is 302 g/mol. The molecule has 3 N–H and O–H groups in total. The fourth-order valence-corrected chi connectivity index (χ4v) is 3.25. The number of piperidine rings is 1. The summed E-state index contributed by atoms with van der Waals surface area (Å²) in [6.45, 7) is 2.84. The number of thioether (sulfide) groups is 1. The van der Waals surface area contributed by atoms with Crippen molar-refractivity contribution in [3.63, 3.8) is 0 Å². The normalized spacial score (nSPS) is 16.0. The highest BCUT2D eigenvalue weighted by Gasteiger charge is 2.14. The molecule has 1 amide bonds. The van der Waals surface area contributed by atoms with E-state index in [4.69, 9.17) is 5.11 Å². The molecule has 0 unspecified atom stereocenters. The minimum atomic E-state index is -0.728. The fraction of sp³-hybridized carbons (Fsp3) is 0.857. The molecular formula is C14H26N2O3S. The molecule has 1 fully saturated rings. The number of hydrogen-bond acceptors (Lipinski definition) is 4. The number of nitrogens with one attached hydrogen (secondary N) is 2. The van der Waals surface area contributed by atoms with Crippen molar-refractivity contribution >= 4 is 23.6 Å². The molecule has 0 aromatic rings. The summed E-state index contributed by atoms with van der Waals surface area (Å²) in [5.74, 6) is -0.0451. The number of carbonyl (C=O) groups is 2. The van der Waals surface area contributed by atoms with Gasteiger partial charge in [0, 0.05) is 18.2 Å². The van der Waals surface area contributed by atoms with E-state index >= 15 is 0 Å². The Labute approximate surface area is 125 Å². The van der Waals surface area contributed by atoms with E-state index in [1.807, 2.05) is 0 Å². The Kier molecular flexibility index (Phi) is 9.49. The van der Waals surface area contributed by atoms with Crippen LogP contribution in [0, 0.1) is 0 Å². The Morgan fingerprint density at radius 2 is 1.85 bits per heavy atom. The number of hydrogen-bond donors (Lipinski definition) is 3. The number of carboxylic acids is 1. The molecule has 0 bridgehead atoms. The Morgan fingerprint density at radius 1 is 1.15 bits per heavy atom. The SMILES string of the molecule is O=C(O)CCCCCCNC(=O)CSC1CCNCC1. The van der Waals surface area contributed by atoms with Gasteiger partial charge in [-0.15, -0.1) is 11.8 Å². The number of unbranched alkanes of at least 4 members (excludes halogenated alkanes) is 3. The molecule has 0 atom stereocenters. The van der Waals surface area contributed by atoms with E-state index in [2.05, 4.69) is 10.6 Å². The van der Waals surface area contributed by atoms with Crippen molar-refractivity contribution in [3.8, 4) is 0 Å². The molecule has 5 nitrogen and oxygen atoms in total. The van der Waals surface area contributed by atoms with Gasteiger partial charge in [-0.25, -0.2) is 0 Å². The van der Waals surface area contributed by atoms with E-state index in [1.54, 1.807) is 11.8 Å². The van der Waals surface area contributed by atoms with Gasteiger partial charge in [0.2, 0.25) is 5.91 Å². The number of carboxylic acid groups (broad SMARTS) is 1.